The molecule has 1 aliphatic heterocycles. The van der Waals surface area contributed by atoms with Crippen LogP contribution in [0.3, 0.4) is 0 Å². The monoisotopic (exact) mass is 304 g/mol. The molecule has 5 heteroatoms. The van der Waals surface area contributed by atoms with Crippen molar-refractivity contribution in [3.63, 3.8) is 0 Å². The zero-order valence-electron chi connectivity index (χ0n) is 12.6. The van der Waals surface area contributed by atoms with Crippen LogP contribution in [-0.2, 0) is 16.0 Å². The molecular weight excluding hydrogens is 283 g/mol. The molecule has 0 spiro atoms. The number of halogens is 1. The van der Waals surface area contributed by atoms with E-state index in [1.54, 1.807) is 12.1 Å². The minimum atomic E-state index is -0.221. The van der Waals surface area contributed by atoms with E-state index < -0.39 is 0 Å². The summed E-state index contributed by atoms with van der Waals surface area (Å²) in [6.45, 7) is 1.07. The number of rotatable bonds is 6. The number of hydrogen-bond donors (Lipinski definition) is 1. The van der Waals surface area contributed by atoms with Crippen LogP contribution >= 0.6 is 0 Å². The lowest BCUT2D eigenvalue weighted by Gasteiger charge is -2.15. The lowest BCUT2D eigenvalue weighted by molar-refractivity contribution is -0.129. The Kier molecular flexibility index (Phi) is 4.41. The van der Waals surface area contributed by atoms with Crippen LogP contribution in [0.15, 0.2) is 24.3 Å². The largest absolute Gasteiger partial charge is 0.356 e. The van der Waals surface area contributed by atoms with Gasteiger partial charge in [-0.25, -0.2) is 4.39 Å². The van der Waals surface area contributed by atoms with Gasteiger partial charge in [0, 0.05) is 25.6 Å². The Morgan fingerprint density at radius 1 is 1.32 bits per heavy atom. The third-order valence-corrected chi connectivity index (χ3v) is 4.40. The Bertz CT molecular complexity index is 572. The fourth-order valence-electron chi connectivity index (χ4n) is 2.98. The van der Waals surface area contributed by atoms with Crippen LogP contribution in [0.2, 0.25) is 0 Å². The molecule has 1 saturated carbocycles. The van der Waals surface area contributed by atoms with E-state index in [1.165, 1.54) is 6.07 Å². The molecule has 1 N–H and O–H groups in total. The molecule has 2 amide bonds. The van der Waals surface area contributed by atoms with Gasteiger partial charge in [0.25, 0.3) is 0 Å². The highest BCUT2D eigenvalue weighted by Gasteiger charge is 2.41. The molecule has 3 rings (SSSR count). The van der Waals surface area contributed by atoms with Gasteiger partial charge in [-0.1, -0.05) is 18.2 Å². The van der Waals surface area contributed by atoms with Crippen LogP contribution in [0.4, 0.5) is 4.39 Å². The number of aryl methyl sites for hydroxylation is 1. The molecule has 1 heterocycles. The first-order chi connectivity index (χ1) is 10.6. The molecule has 1 saturated heterocycles. The molecule has 2 fully saturated rings. The average Bonchev–Trinajstić information content (AvgIpc) is 3.27. The molecule has 118 valence electrons. The minimum Gasteiger partial charge on any atom is -0.356 e. The second-order valence-electron chi connectivity index (χ2n) is 6.16. The number of nitrogens with zero attached hydrogens (tertiary/aromatic N) is 1. The number of hydrogen-bond acceptors (Lipinski definition) is 2. The zero-order valence-corrected chi connectivity index (χ0v) is 12.6. The van der Waals surface area contributed by atoms with Crippen molar-refractivity contribution in [3.8, 4) is 0 Å². The van der Waals surface area contributed by atoms with Gasteiger partial charge in [-0.3, -0.25) is 9.59 Å². The lowest BCUT2D eigenvalue weighted by Crippen LogP contribution is -2.34. The molecule has 1 unspecified atom stereocenters. The van der Waals surface area contributed by atoms with Gasteiger partial charge in [0.05, 0.1) is 5.92 Å². The van der Waals surface area contributed by atoms with Gasteiger partial charge in [0.15, 0.2) is 0 Å². The molecule has 22 heavy (non-hydrogen) atoms. The summed E-state index contributed by atoms with van der Waals surface area (Å²) in [4.78, 5) is 25.8. The third-order valence-electron chi connectivity index (χ3n) is 4.40. The van der Waals surface area contributed by atoms with E-state index in [0.29, 0.717) is 44.0 Å². The molecule has 2 aliphatic rings. The number of amides is 2. The highest BCUT2D eigenvalue weighted by Crippen LogP contribution is 2.32. The summed E-state index contributed by atoms with van der Waals surface area (Å²) in [6, 6.07) is 7.08. The van der Waals surface area contributed by atoms with Crippen molar-refractivity contribution in [1.82, 2.24) is 10.2 Å². The van der Waals surface area contributed by atoms with Crippen molar-refractivity contribution in [2.24, 2.45) is 5.92 Å². The Balaban J connectivity index is 1.39. The van der Waals surface area contributed by atoms with E-state index in [-0.39, 0.29) is 23.5 Å². The van der Waals surface area contributed by atoms with E-state index in [9.17, 15) is 14.0 Å². The minimum absolute atomic E-state index is 0.0509. The molecule has 0 bridgehead atoms. The van der Waals surface area contributed by atoms with Crippen LogP contribution in [0.1, 0.15) is 31.2 Å². The van der Waals surface area contributed by atoms with E-state index in [1.807, 2.05) is 11.0 Å². The quantitative estimate of drug-likeness (QED) is 0.816. The summed E-state index contributed by atoms with van der Waals surface area (Å²) in [5.41, 5.74) is 0.674. The zero-order chi connectivity index (χ0) is 15.5. The molecule has 0 aromatic heterocycles. The van der Waals surface area contributed by atoms with Gasteiger partial charge in [-0.2, -0.15) is 0 Å². The summed E-state index contributed by atoms with van der Waals surface area (Å²) in [6.07, 6.45) is 3.77. The summed E-state index contributed by atoms with van der Waals surface area (Å²) in [5.74, 6) is -0.365. The first-order valence-corrected chi connectivity index (χ1v) is 7.95. The number of likely N-dealkylation sites (tertiary alicyclic amines) is 1. The predicted octanol–water partition coefficient (Wildman–Crippen LogP) is 1.89. The van der Waals surface area contributed by atoms with Crippen molar-refractivity contribution in [2.45, 2.75) is 38.1 Å². The highest BCUT2D eigenvalue weighted by molar-refractivity contribution is 5.89. The second-order valence-corrected chi connectivity index (χ2v) is 6.16. The Morgan fingerprint density at radius 3 is 2.82 bits per heavy atom. The number of nitrogens with one attached hydrogen (secondary N) is 1. The second kappa shape index (κ2) is 6.46. The van der Waals surface area contributed by atoms with Crippen molar-refractivity contribution in [3.05, 3.63) is 35.6 Å². The van der Waals surface area contributed by atoms with E-state index in [4.69, 9.17) is 0 Å². The maximum absolute atomic E-state index is 13.5. The van der Waals surface area contributed by atoms with Gasteiger partial charge in [-0.15, -0.1) is 0 Å². The third kappa shape index (κ3) is 3.46. The van der Waals surface area contributed by atoms with Gasteiger partial charge >= 0.3 is 0 Å². The molecule has 1 aromatic rings. The van der Waals surface area contributed by atoms with Crippen LogP contribution in [0, 0.1) is 11.7 Å². The van der Waals surface area contributed by atoms with Crippen molar-refractivity contribution >= 4 is 11.8 Å². The van der Waals surface area contributed by atoms with Crippen molar-refractivity contribution in [1.29, 1.82) is 0 Å². The predicted molar refractivity (Wildman–Crippen MR) is 80.6 cm³/mol. The van der Waals surface area contributed by atoms with E-state index in [2.05, 4.69) is 5.32 Å². The molecule has 0 radical (unpaired) electrons. The topological polar surface area (TPSA) is 49.4 Å². The number of carbonyl (C=O) groups excluding carboxylic acids is 2. The van der Waals surface area contributed by atoms with Gasteiger partial charge in [0.2, 0.25) is 11.8 Å². The molecule has 1 aromatic carbocycles. The van der Waals surface area contributed by atoms with Crippen LogP contribution in [-0.4, -0.2) is 35.8 Å². The summed E-state index contributed by atoms with van der Waals surface area (Å²) in [7, 11) is 0. The Labute approximate surface area is 129 Å². The summed E-state index contributed by atoms with van der Waals surface area (Å²) >= 11 is 0. The van der Waals surface area contributed by atoms with Gasteiger partial charge in [0.1, 0.15) is 5.82 Å². The molecular formula is C17H21FN2O2. The maximum atomic E-state index is 13.5. The summed E-state index contributed by atoms with van der Waals surface area (Å²) < 4.78 is 13.5. The first kappa shape index (κ1) is 15.0. The van der Waals surface area contributed by atoms with E-state index in [0.717, 1.165) is 12.8 Å². The van der Waals surface area contributed by atoms with Gasteiger partial charge < -0.3 is 10.2 Å². The Morgan fingerprint density at radius 2 is 2.09 bits per heavy atom. The normalized spacial score (nSPS) is 21.2. The fraction of sp³-hybridized carbons (Fsp3) is 0.529. The average molecular weight is 304 g/mol. The number of carbonyl (C=O) groups is 2. The Hall–Kier alpha value is -1.91. The molecule has 1 aliphatic carbocycles. The van der Waals surface area contributed by atoms with Crippen LogP contribution in [0.5, 0.6) is 0 Å². The smallest absolute Gasteiger partial charge is 0.225 e. The van der Waals surface area contributed by atoms with Gasteiger partial charge in [-0.05, 0) is 37.3 Å². The first-order valence-electron chi connectivity index (χ1n) is 7.95. The maximum Gasteiger partial charge on any atom is 0.225 e. The van der Waals surface area contributed by atoms with Crippen molar-refractivity contribution < 1.29 is 14.0 Å². The van der Waals surface area contributed by atoms with Crippen molar-refractivity contribution in [2.75, 3.05) is 13.1 Å². The molecule has 1 atom stereocenters. The van der Waals surface area contributed by atoms with Crippen LogP contribution < -0.4 is 5.32 Å². The highest BCUT2D eigenvalue weighted by atomic mass is 19.1. The lowest BCUT2D eigenvalue weighted by atomic mass is 10.1. The number of benzene rings is 1. The van der Waals surface area contributed by atoms with E-state index >= 15 is 0 Å². The fourth-order valence-corrected chi connectivity index (χ4v) is 2.98. The SMILES string of the molecule is O=C(NCCCc1ccccc1F)C1CC(=O)N(C2CC2)C1. The standard InChI is InChI=1S/C17H21FN2O2/c18-15-6-2-1-4-12(15)5-3-9-19-17(22)13-10-16(21)20(11-13)14-7-8-14/h1-2,4,6,13-14H,3,5,7-11H2,(H,19,22). The molecule has 4 nitrogen and oxygen atoms in total. The summed E-state index contributed by atoms with van der Waals surface area (Å²) in [5, 5.41) is 2.87. The van der Waals surface area contributed by atoms with Crippen LogP contribution in [0.25, 0.3) is 0 Å².